The minimum absolute atomic E-state index is 0.105. The monoisotopic (exact) mass is 407 g/mol. The summed E-state index contributed by atoms with van der Waals surface area (Å²) in [5, 5.41) is 0. The summed E-state index contributed by atoms with van der Waals surface area (Å²) in [6.45, 7) is 8.56. The number of rotatable bonds is 5. The van der Waals surface area contributed by atoms with Gasteiger partial charge in [-0.15, -0.1) is 0 Å². The van der Waals surface area contributed by atoms with Crippen LogP contribution < -0.4 is 5.56 Å². The summed E-state index contributed by atoms with van der Waals surface area (Å²) in [6.07, 6.45) is 5.69. The van der Waals surface area contributed by atoms with Gasteiger partial charge >= 0.3 is 0 Å². The van der Waals surface area contributed by atoms with E-state index in [1.165, 1.54) is 24.8 Å². The Morgan fingerprint density at radius 3 is 2.67 bits per heavy atom. The first-order valence-electron chi connectivity index (χ1n) is 11.2. The molecule has 2 saturated heterocycles. The highest BCUT2D eigenvalue weighted by Gasteiger charge is 2.43. The summed E-state index contributed by atoms with van der Waals surface area (Å²) < 4.78 is 0. The lowest BCUT2D eigenvalue weighted by Crippen LogP contribution is -2.46. The second-order valence-electron chi connectivity index (χ2n) is 9.29. The van der Waals surface area contributed by atoms with Crippen molar-refractivity contribution in [2.75, 3.05) is 32.7 Å². The fourth-order valence-corrected chi connectivity index (χ4v) is 5.37. The Hall–Kier alpha value is -2.40. The summed E-state index contributed by atoms with van der Waals surface area (Å²) in [5.41, 5.74) is 3.21. The molecule has 2 aliphatic heterocycles. The predicted octanol–water partition coefficient (Wildman–Crippen LogP) is 3.55. The number of aryl methyl sites for hydroxylation is 3. The Labute approximate surface area is 179 Å². The number of nitrogens with zero attached hydrogens (tertiary/aromatic N) is 2. The van der Waals surface area contributed by atoms with E-state index in [2.05, 4.69) is 40.2 Å². The van der Waals surface area contributed by atoms with E-state index in [1.54, 1.807) is 0 Å². The van der Waals surface area contributed by atoms with Gasteiger partial charge in [-0.1, -0.05) is 30.3 Å². The average Bonchev–Trinajstić information content (AvgIpc) is 3.11. The van der Waals surface area contributed by atoms with Gasteiger partial charge in [0, 0.05) is 30.7 Å². The van der Waals surface area contributed by atoms with E-state index >= 15 is 0 Å². The van der Waals surface area contributed by atoms with Crippen LogP contribution in [0.15, 0.2) is 41.2 Å². The summed E-state index contributed by atoms with van der Waals surface area (Å²) >= 11 is 0. The third-order valence-electron chi connectivity index (χ3n) is 6.83. The third kappa shape index (κ3) is 4.51. The predicted molar refractivity (Wildman–Crippen MR) is 120 cm³/mol. The fourth-order valence-electron chi connectivity index (χ4n) is 5.37. The van der Waals surface area contributed by atoms with E-state index in [4.69, 9.17) is 0 Å². The molecule has 0 radical (unpaired) electrons. The number of aromatic amines is 1. The number of hydrogen-bond acceptors (Lipinski definition) is 3. The van der Waals surface area contributed by atoms with Gasteiger partial charge in [0.1, 0.15) is 5.56 Å². The second kappa shape index (κ2) is 8.76. The van der Waals surface area contributed by atoms with Gasteiger partial charge in [0.15, 0.2) is 0 Å². The lowest BCUT2D eigenvalue weighted by atomic mass is 9.79. The smallest absolute Gasteiger partial charge is 0.261 e. The summed E-state index contributed by atoms with van der Waals surface area (Å²) in [6, 6.07) is 12.6. The lowest BCUT2D eigenvalue weighted by Gasteiger charge is -2.40. The highest BCUT2D eigenvalue weighted by atomic mass is 16.2. The van der Waals surface area contributed by atoms with Crippen LogP contribution in [0.4, 0.5) is 0 Å². The minimum atomic E-state index is -0.260. The van der Waals surface area contributed by atoms with Crippen LogP contribution in [-0.4, -0.2) is 53.4 Å². The molecule has 30 heavy (non-hydrogen) atoms. The maximum absolute atomic E-state index is 13.1. The largest absolute Gasteiger partial charge is 0.338 e. The topological polar surface area (TPSA) is 56.4 Å². The molecule has 1 aromatic heterocycles. The first-order valence-corrected chi connectivity index (χ1v) is 11.2. The van der Waals surface area contributed by atoms with Gasteiger partial charge < -0.3 is 14.8 Å². The molecule has 2 aromatic rings. The van der Waals surface area contributed by atoms with Gasteiger partial charge in [0.05, 0.1) is 0 Å². The van der Waals surface area contributed by atoms with E-state index in [1.807, 2.05) is 24.8 Å². The average molecular weight is 408 g/mol. The van der Waals surface area contributed by atoms with Gasteiger partial charge in [-0.3, -0.25) is 9.59 Å². The van der Waals surface area contributed by atoms with Crippen LogP contribution in [0.5, 0.6) is 0 Å². The molecule has 2 aliphatic rings. The van der Waals surface area contributed by atoms with E-state index in [-0.39, 0.29) is 16.9 Å². The number of nitrogens with one attached hydrogen (secondary N) is 1. The molecular formula is C25H33N3O2. The number of H-pyrrole nitrogens is 1. The number of carbonyl (C=O) groups is 1. The van der Waals surface area contributed by atoms with Crippen molar-refractivity contribution in [1.29, 1.82) is 0 Å². The van der Waals surface area contributed by atoms with Crippen LogP contribution in [-0.2, 0) is 6.42 Å². The summed E-state index contributed by atoms with van der Waals surface area (Å²) in [7, 11) is 0. The maximum Gasteiger partial charge on any atom is 0.261 e. The van der Waals surface area contributed by atoms with Gasteiger partial charge in [-0.2, -0.15) is 0 Å². The van der Waals surface area contributed by atoms with Crippen LogP contribution in [0.2, 0.25) is 0 Å². The molecule has 0 aliphatic carbocycles. The normalized spacial score (nSPS) is 22.0. The van der Waals surface area contributed by atoms with Crippen molar-refractivity contribution < 1.29 is 4.79 Å². The molecule has 1 aromatic carbocycles. The van der Waals surface area contributed by atoms with Crippen molar-refractivity contribution in [3.8, 4) is 0 Å². The molecule has 3 heterocycles. The number of aromatic nitrogens is 1. The SMILES string of the molecule is Cc1cc(C)c(C(=O)N2CCC3(CCCN(CCCc4ccccc4)C3)C2)c(=O)[nH]1. The third-order valence-corrected chi connectivity index (χ3v) is 6.83. The molecule has 5 heteroatoms. The zero-order valence-electron chi connectivity index (χ0n) is 18.2. The molecule has 160 valence electrons. The Morgan fingerprint density at radius 2 is 1.90 bits per heavy atom. The van der Waals surface area contributed by atoms with Crippen LogP contribution in [0.25, 0.3) is 0 Å². The molecule has 1 spiro atoms. The highest BCUT2D eigenvalue weighted by Crippen LogP contribution is 2.39. The number of carbonyl (C=O) groups excluding carboxylic acids is 1. The van der Waals surface area contributed by atoms with Crippen LogP contribution in [0.1, 0.15) is 52.9 Å². The quantitative estimate of drug-likeness (QED) is 0.825. The lowest BCUT2D eigenvalue weighted by molar-refractivity contribution is 0.0686. The van der Waals surface area contributed by atoms with Gasteiger partial charge in [0.2, 0.25) is 0 Å². The molecule has 2 fully saturated rings. The standard InChI is InChI=1S/C25H33N3O2/c1-19-16-20(2)26-23(29)22(19)24(30)28-15-12-25(18-28)11-7-14-27(17-25)13-6-10-21-8-4-3-5-9-21/h3-5,8-9,16H,6-7,10-15,17-18H2,1-2H3,(H,26,29). The zero-order valence-corrected chi connectivity index (χ0v) is 18.2. The van der Waals surface area contributed by atoms with Crippen molar-refractivity contribution >= 4 is 5.91 Å². The molecule has 5 nitrogen and oxygen atoms in total. The van der Waals surface area contributed by atoms with Crippen molar-refractivity contribution in [2.24, 2.45) is 5.41 Å². The molecule has 1 N–H and O–H groups in total. The zero-order chi connectivity index (χ0) is 21.1. The van der Waals surface area contributed by atoms with Crippen molar-refractivity contribution in [3.63, 3.8) is 0 Å². The number of pyridine rings is 1. The number of piperidine rings is 1. The van der Waals surface area contributed by atoms with E-state index < -0.39 is 0 Å². The maximum atomic E-state index is 13.1. The number of likely N-dealkylation sites (tertiary alicyclic amines) is 2. The van der Waals surface area contributed by atoms with E-state index in [9.17, 15) is 9.59 Å². The molecule has 0 saturated carbocycles. The molecule has 1 atom stereocenters. The number of hydrogen-bond donors (Lipinski definition) is 1. The Kier molecular flexibility index (Phi) is 6.09. The van der Waals surface area contributed by atoms with Crippen molar-refractivity contribution in [1.82, 2.24) is 14.8 Å². The minimum Gasteiger partial charge on any atom is -0.338 e. The van der Waals surface area contributed by atoms with Gasteiger partial charge in [0.25, 0.3) is 11.5 Å². The first-order chi connectivity index (χ1) is 14.5. The number of amides is 1. The second-order valence-corrected chi connectivity index (χ2v) is 9.29. The van der Waals surface area contributed by atoms with Crippen LogP contribution in [0, 0.1) is 19.3 Å². The van der Waals surface area contributed by atoms with Crippen molar-refractivity contribution in [2.45, 2.75) is 46.0 Å². The molecule has 4 rings (SSSR count). The van der Waals surface area contributed by atoms with Crippen LogP contribution in [0.3, 0.4) is 0 Å². The van der Waals surface area contributed by atoms with Crippen molar-refractivity contribution in [3.05, 3.63) is 69.1 Å². The molecule has 1 unspecified atom stereocenters. The van der Waals surface area contributed by atoms with Gasteiger partial charge in [-0.25, -0.2) is 0 Å². The first kappa shape index (κ1) is 20.9. The Bertz CT molecular complexity index is 953. The van der Waals surface area contributed by atoms with E-state index in [0.29, 0.717) is 5.56 Å². The van der Waals surface area contributed by atoms with Gasteiger partial charge in [-0.05, 0) is 76.2 Å². The highest BCUT2D eigenvalue weighted by molar-refractivity contribution is 5.95. The van der Waals surface area contributed by atoms with Crippen LogP contribution >= 0.6 is 0 Å². The summed E-state index contributed by atoms with van der Waals surface area (Å²) in [5.74, 6) is -0.105. The number of benzene rings is 1. The molecule has 1 amide bonds. The Morgan fingerprint density at radius 1 is 1.10 bits per heavy atom. The van der Waals surface area contributed by atoms with E-state index in [0.717, 1.165) is 56.8 Å². The molecule has 0 bridgehead atoms. The summed E-state index contributed by atoms with van der Waals surface area (Å²) in [4.78, 5) is 32.8. The Balaban J connectivity index is 1.36. The fraction of sp³-hybridized carbons (Fsp3) is 0.520. The molecular weight excluding hydrogens is 374 g/mol.